The molecule has 0 aliphatic carbocycles. The lowest BCUT2D eigenvalue weighted by molar-refractivity contribution is -0.155. The molecule has 2 atom stereocenters. The molecule has 0 saturated carbocycles. The van der Waals surface area contributed by atoms with Gasteiger partial charge in [0.15, 0.2) is 0 Å². The molecule has 2 aromatic rings. The Morgan fingerprint density at radius 3 is 2.10 bits per heavy atom. The molecule has 2 rings (SSSR count). The minimum Gasteiger partial charge on any atom is -0.461 e. The fourth-order valence-electron chi connectivity index (χ4n) is 4.58. The largest absolute Gasteiger partial charge is 0.461 e. The summed E-state index contributed by atoms with van der Waals surface area (Å²) in [7, 11) is 0.00711. The average Bonchev–Trinajstić information content (AvgIpc) is 2.93. The van der Waals surface area contributed by atoms with E-state index in [0.717, 1.165) is 15.5 Å². The molecule has 232 valence electrons. The van der Waals surface area contributed by atoms with Gasteiger partial charge in [-0.15, -0.1) is 4.41 Å². The number of carbonyl (C=O) groups is 2. The van der Waals surface area contributed by atoms with Crippen molar-refractivity contribution in [2.75, 3.05) is 32.9 Å². The van der Waals surface area contributed by atoms with Gasteiger partial charge in [0.2, 0.25) is 15.9 Å². The van der Waals surface area contributed by atoms with Crippen molar-refractivity contribution >= 4 is 28.0 Å². The summed E-state index contributed by atoms with van der Waals surface area (Å²) in [5.74, 6) is -2.59. The smallest absolute Gasteiger partial charge is 0.310 e. The minimum atomic E-state index is -3.77. The first kappa shape index (κ1) is 35.2. The Bertz CT molecular complexity index is 1210. The molecule has 2 aromatic carbocycles. The van der Waals surface area contributed by atoms with E-state index in [0.29, 0.717) is 19.4 Å². The second-order valence-electron chi connectivity index (χ2n) is 11.9. The SMILES string of the molecule is CC(C)C[C@@H](C(=O)NN(CC(C)C)S(=O)(=O)CCCN(C)C)[C@H](CC=Cc1ccccc1)C(=O)OCc1ccccc1. The highest BCUT2D eigenvalue weighted by atomic mass is 32.2. The molecule has 1 N–H and O–H groups in total. The number of hydrogen-bond acceptors (Lipinski definition) is 6. The number of sulfonamides is 1. The molecular weight excluding hydrogens is 550 g/mol. The van der Waals surface area contributed by atoms with Crippen LogP contribution in [0.5, 0.6) is 0 Å². The number of rotatable bonds is 18. The molecule has 0 aliphatic rings. The van der Waals surface area contributed by atoms with Crippen LogP contribution in [0.1, 0.15) is 58.1 Å². The van der Waals surface area contributed by atoms with Crippen molar-refractivity contribution in [3.63, 3.8) is 0 Å². The quantitative estimate of drug-likeness (QED) is 0.183. The standard InChI is InChI=1S/C33H49N3O5S/c1-26(2)23-31(32(37)34-36(24-27(3)4)42(39,40)22-14-21-35(5)6)30(20-13-19-28-15-9-7-10-16-28)33(38)41-25-29-17-11-8-12-18-29/h7-13,15-19,26-27,30-31H,14,20-25H2,1-6H3,(H,34,37)/t30-,31+/m0/s1. The average molecular weight is 600 g/mol. The third-order valence-corrected chi connectivity index (χ3v) is 8.40. The van der Waals surface area contributed by atoms with E-state index in [9.17, 15) is 18.0 Å². The molecule has 0 aromatic heterocycles. The van der Waals surface area contributed by atoms with Crippen molar-refractivity contribution in [3.05, 3.63) is 77.9 Å². The lowest BCUT2D eigenvalue weighted by atomic mass is 9.82. The summed E-state index contributed by atoms with van der Waals surface area (Å²) in [6, 6.07) is 19.1. The third kappa shape index (κ3) is 12.9. The normalized spacial score (nSPS) is 13.7. The van der Waals surface area contributed by atoms with Crippen LogP contribution in [0, 0.1) is 23.7 Å². The van der Waals surface area contributed by atoms with Crippen LogP contribution in [0.2, 0.25) is 0 Å². The number of allylic oxidation sites excluding steroid dienone is 1. The Kier molecular flexibility index (Phi) is 14.9. The van der Waals surface area contributed by atoms with E-state index in [1.807, 2.05) is 120 Å². The highest BCUT2D eigenvalue weighted by Crippen LogP contribution is 2.27. The van der Waals surface area contributed by atoms with Crippen LogP contribution in [0.25, 0.3) is 6.08 Å². The summed E-state index contributed by atoms with van der Waals surface area (Å²) in [5.41, 5.74) is 4.54. The summed E-state index contributed by atoms with van der Waals surface area (Å²) in [4.78, 5) is 29.4. The molecule has 0 saturated heterocycles. The molecule has 0 aliphatic heterocycles. The molecule has 42 heavy (non-hydrogen) atoms. The molecule has 0 heterocycles. The van der Waals surface area contributed by atoms with Crippen LogP contribution >= 0.6 is 0 Å². The Hall–Kier alpha value is -3.01. The molecule has 8 nitrogen and oxygen atoms in total. The minimum absolute atomic E-state index is 0.0158. The first-order chi connectivity index (χ1) is 19.9. The van der Waals surface area contributed by atoms with Gasteiger partial charge in [-0.1, -0.05) is 101 Å². The maximum atomic E-state index is 13.9. The second-order valence-corrected chi connectivity index (χ2v) is 13.9. The van der Waals surface area contributed by atoms with E-state index in [1.165, 1.54) is 0 Å². The summed E-state index contributed by atoms with van der Waals surface area (Å²) in [6.07, 6.45) is 4.91. The first-order valence-electron chi connectivity index (χ1n) is 14.8. The van der Waals surface area contributed by atoms with Crippen molar-refractivity contribution in [2.24, 2.45) is 23.7 Å². The predicted octanol–water partition coefficient (Wildman–Crippen LogP) is 5.38. The third-order valence-electron chi connectivity index (χ3n) is 6.68. The zero-order chi connectivity index (χ0) is 31.1. The van der Waals surface area contributed by atoms with Gasteiger partial charge in [0, 0.05) is 6.54 Å². The van der Waals surface area contributed by atoms with Crippen LogP contribution in [0.4, 0.5) is 0 Å². The van der Waals surface area contributed by atoms with E-state index >= 15 is 0 Å². The lowest BCUT2D eigenvalue weighted by Crippen LogP contribution is -2.52. The predicted molar refractivity (Wildman–Crippen MR) is 169 cm³/mol. The van der Waals surface area contributed by atoms with E-state index in [2.05, 4.69) is 5.43 Å². The lowest BCUT2D eigenvalue weighted by Gasteiger charge is -2.30. The summed E-state index contributed by atoms with van der Waals surface area (Å²) in [6.45, 7) is 8.61. The number of nitrogens with zero attached hydrogens (tertiary/aromatic N) is 2. The Morgan fingerprint density at radius 1 is 0.905 bits per heavy atom. The highest BCUT2D eigenvalue weighted by Gasteiger charge is 2.37. The molecule has 0 fully saturated rings. The van der Waals surface area contributed by atoms with E-state index in [4.69, 9.17) is 4.74 Å². The van der Waals surface area contributed by atoms with Crippen molar-refractivity contribution in [1.82, 2.24) is 14.7 Å². The van der Waals surface area contributed by atoms with Gasteiger partial charge in [-0.3, -0.25) is 15.0 Å². The topological polar surface area (TPSA) is 96.0 Å². The van der Waals surface area contributed by atoms with Crippen molar-refractivity contribution in [1.29, 1.82) is 0 Å². The van der Waals surface area contributed by atoms with Crippen LogP contribution in [-0.4, -0.2) is 62.5 Å². The molecule has 0 bridgehead atoms. The number of hydrazine groups is 1. The molecular formula is C33H49N3O5S. The number of nitrogens with one attached hydrogen (secondary N) is 1. The zero-order valence-electron chi connectivity index (χ0n) is 26.0. The summed E-state index contributed by atoms with van der Waals surface area (Å²) < 4.78 is 33.4. The van der Waals surface area contributed by atoms with Crippen molar-refractivity contribution in [3.8, 4) is 0 Å². The van der Waals surface area contributed by atoms with Crippen molar-refractivity contribution in [2.45, 2.75) is 53.6 Å². The van der Waals surface area contributed by atoms with Gasteiger partial charge in [-0.25, -0.2) is 8.42 Å². The van der Waals surface area contributed by atoms with E-state index in [-0.39, 0.29) is 37.2 Å². The molecule has 0 radical (unpaired) electrons. The monoisotopic (exact) mass is 599 g/mol. The first-order valence-corrected chi connectivity index (χ1v) is 16.4. The van der Waals surface area contributed by atoms with Gasteiger partial charge >= 0.3 is 5.97 Å². The molecule has 1 amide bonds. The number of ether oxygens (including phenoxy) is 1. The number of esters is 1. The zero-order valence-corrected chi connectivity index (χ0v) is 26.8. The summed E-state index contributed by atoms with van der Waals surface area (Å²) in [5, 5.41) is 0. The molecule has 0 spiro atoms. The highest BCUT2D eigenvalue weighted by molar-refractivity contribution is 7.89. The number of carbonyl (C=O) groups excluding carboxylic acids is 2. The Morgan fingerprint density at radius 2 is 1.52 bits per heavy atom. The number of amides is 1. The number of hydrogen-bond donors (Lipinski definition) is 1. The van der Waals surface area contributed by atoms with Gasteiger partial charge in [0.1, 0.15) is 6.61 Å². The van der Waals surface area contributed by atoms with Gasteiger partial charge in [-0.05, 0) is 62.9 Å². The fraction of sp³-hybridized carbons (Fsp3) is 0.515. The number of benzene rings is 2. The van der Waals surface area contributed by atoms with Gasteiger partial charge < -0.3 is 9.64 Å². The van der Waals surface area contributed by atoms with Gasteiger partial charge in [0.05, 0.1) is 17.6 Å². The van der Waals surface area contributed by atoms with Crippen LogP contribution in [-0.2, 0) is 31.0 Å². The van der Waals surface area contributed by atoms with Crippen LogP contribution < -0.4 is 5.43 Å². The van der Waals surface area contributed by atoms with Crippen molar-refractivity contribution < 1.29 is 22.7 Å². The van der Waals surface area contributed by atoms with E-state index in [1.54, 1.807) is 0 Å². The Balaban J connectivity index is 2.35. The van der Waals surface area contributed by atoms with Crippen LogP contribution in [0.15, 0.2) is 66.7 Å². The Labute approximate surface area is 253 Å². The second kappa shape index (κ2) is 17.8. The maximum absolute atomic E-state index is 13.9. The van der Waals surface area contributed by atoms with Gasteiger partial charge in [0.25, 0.3) is 0 Å². The van der Waals surface area contributed by atoms with E-state index < -0.39 is 33.7 Å². The summed E-state index contributed by atoms with van der Waals surface area (Å²) >= 11 is 0. The molecule has 9 heteroatoms. The molecule has 0 unspecified atom stereocenters. The van der Waals surface area contributed by atoms with Crippen LogP contribution in [0.3, 0.4) is 0 Å². The van der Waals surface area contributed by atoms with Gasteiger partial charge in [-0.2, -0.15) is 0 Å². The maximum Gasteiger partial charge on any atom is 0.310 e. The fourth-order valence-corrected chi connectivity index (χ4v) is 6.05.